The van der Waals surface area contributed by atoms with Crippen LogP contribution >= 0.6 is 0 Å². The van der Waals surface area contributed by atoms with Crippen molar-refractivity contribution in [1.82, 2.24) is 15.5 Å². The Balaban J connectivity index is 1.18. The van der Waals surface area contributed by atoms with Crippen LogP contribution in [0.1, 0.15) is 24.8 Å². The number of carbonyl (C=O) groups excluding carboxylic acids is 2. The monoisotopic (exact) mass is 452 g/mol. The normalized spacial score (nSPS) is 20.9. The Morgan fingerprint density at radius 3 is 2.42 bits per heavy atom. The lowest BCUT2D eigenvalue weighted by Gasteiger charge is -2.33. The number of ether oxygens (including phenoxy) is 2. The molecule has 4 N–H and O–H groups in total. The maximum atomic E-state index is 12.8. The fourth-order valence-electron chi connectivity index (χ4n) is 4.28. The number of nitrogens with two attached hydrogens (primary N) is 1. The fraction of sp³-hybridized carbons (Fsp3) is 0.440. The van der Waals surface area contributed by atoms with Crippen LogP contribution in [0.5, 0.6) is 11.5 Å². The molecule has 2 atom stereocenters. The smallest absolute Gasteiger partial charge is 0.239 e. The van der Waals surface area contributed by atoms with Crippen LogP contribution in [0, 0.1) is 0 Å². The van der Waals surface area contributed by atoms with E-state index in [0.29, 0.717) is 32.7 Å². The third-order valence-corrected chi connectivity index (χ3v) is 6.11. The average molecular weight is 453 g/mol. The number of rotatable bonds is 8. The SMILES string of the molecule is NCC(=O)N[C@H]1CN[C@H](C(=O)N2CCC(Oc3ccc(OCc4ccccc4)cc3)CC2)C1. The van der Waals surface area contributed by atoms with Gasteiger partial charge in [0.1, 0.15) is 24.2 Å². The van der Waals surface area contributed by atoms with Crippen molar-refractivity contribution in [3.05, 3.63) is 60.2 Å². The van der Waals surface area contributed by atoms with E-state index >= 15 is 0 Å². The zero-order chi connectivity index (χ0) is 23.0. The highest BCUT2D eigenvalue weighted by Gasteiger charge is 2.34. The van der Waals surface area contributed by atoms with Crippen LogP contribution in [0.25, 0.3) is 0 Å². The van der Waals surface area contributed by atoms with Gasteiger partial charge in [-0.2, -0.15) is 0 Å². The van der Waals surface area contributed by atoms with Crippen LogP contribution in [0.4, 0.5) is 0 Å². The van der Waals surface area contributed by atoms with E-state index < -0.39 is 0 Å². The topological polar surface area (TPSA) is 106 Å². The molecule has 8 nitrogen and oxygen atoms in total. The first-order chi connectivity index (χ1) is 16.1. The molecule has 0 aromatic heterocycles. The van der Waals surface area contributed by atoms with Gasteiger partial charge in [0.15, 0.2) is 0 Å². The van der Waals surface area contributed by atoms with Gasteiger partial charge in [-0.05, 0) is 36.2 Å². The molecule has 0 saturated carbocycles. The summed E-state index contributed by atoms with van der Waals surface area (Å²) in [5.74, 6) is 1.51. The zero-order valence-corrected chi connectivity index (χ0v) is 18.7. The van der Waals surface area contributed by atoms with Crippen molar-refractivity contribution in [2.45, 2.75) is 44.1 Å². The van der Waals surface area contributed by atoms with Crippen molar-refractivity contribution in [3.63, 3.8) is 0 Å². The Labute approximate surface area is 194 Å². The average Bonchev–Trinajstić information content (AvgIpc) is 3.32. The minimum absolute atomic E-state index is 0.0356. The number of benzene rings is 2. The number of nitrogens with zero attached hydrogens (tertiary/aromatic N) is 1. The summed E-state index contributed by atoms with van der Waals surface area (Å²) in [5, 5.41) is 6.07. The van der Waals surface area contributed by atoms with E-state index in [-0.39, 0.29) is 36.5 Å². The molecule has 2 saturated heterocycles. The molecule has 2 fully saturated rings. The first-order valence-electron chi connectivity index (χ1n) is 11.6. The molecule has 2 amide bonds. The maximum Gasteiger partial charge on any atom is 0.239 e. The van der Waals surface area contributed by atoms with Gasteiger partial charge < -0.3 is 30.7 Å². The van der Waals surface area contributed by atoms with Crippen LogP contribution in [0.2, 0.25) is 0 Å². The van der Waals surface area contributed by atoms with Crippen LogP contribution in [-0.4, -0.2) is 61.1 Å². The summed E-state index contributed by atoms with van der Waals surface area (Å²) >= 11 is 0. The molecule has 176 valence electrons. The molecule has 2 heterocycles. The van der Waals surface area contributed by atoms with Crippen LogP contribution < -0.4 is 25.8 Å². The number of nitrogens with one attached hydrogen (secondary N) is 2. The number of likely N-dealkylation sites (tertiary alicyclic amines) is 1. The summed E-state index contributed by atoms with van der Waals surface area (Å²) in [5.41, 5.74) is 6.47. The summed E-state index contributed by atoms with van der Waals surface area (Å²) in [7, 11) is 0. The highest BCUT2D eigenvalue weighted by Crippen LogP contribution is 2.23. The lowest BCUT2D eigenvalue weighted by molar-refractivity contribution is -0.135. The maximum absolute atomic E-state index is 12.8. The molecule has 8 heteroatoms. The van der Waals surface area contributed by atoms with Gasteiger partial charge in [0.25, 0.3) is 0 Å². The molecule has 33 heavy (non-hydrogen) atoms. The van der Waals surface area contributed by atoms with E-state index in [2.05, 4.69) is 10.6 Å². The molecule has 0 unspecified atom stereocenters. The van der Waals surface area contributed by atoms with Crippen LogP contribution in [-0.2, 0) is 16.2 Å². The predicted molar refractivity (Wildman–Crippen MR) is 125 cm³/mol. The van der Waals surface area contributed by atoms with Gasteiger partial charge >= 0.3 is 0 Å². The van der Waals surface area contributed by atoms with Crippen LogP contribution in [0.15, 0.2) is 54.6 Å². The molecule has 2 aliphatic rings. The summed E-state index contributed by atoms with van der Waals surface area (Å²) in [4.78, 5) is 26.2. The number of amides is 2. The minimum atomic E-state index is -0.256. The van der Waals surface area contributed by atoms with Crippen molar-refractivity contribution < 1.29 is 19.1 Å². The highest BCUT2D eigenvalue weighted by molar-refractivity contribution is 5.83. The second-order valence-corrected chi connectivity index (χ2v) is 8.55. The van der Waals surface area contributed by atoms with Gasteiger partial charge in [-0.1, -0.05) is 30.3 Å². The van der Waals surface area contributed by atoms with E-state index in [1.165, 1.54) is 0 Å². The molecule has 0 aliphatic carbocycles. The molecule has 0 spiro atoms. The summed E-state index contributed by atoms with van der Waals surface area (Å²) in [6.07, 6.45) is 2.26. The van der Waals surface area contributed by atoms with E-state index in [1.807, 2.05) is 59.5 Å². The molecule has 4 rings (SSSR count). The lowest BCUT2D eigenvalue weighted by Crippen LogP contribution is -2.48. The lowest BCUT2D eigenvalue weighted by atomic mass is 10.1. The number of piperidine rings is 1. The molecular weight excluding hydrogens is 420 g/mol. The molecule has 2 aromatic carbocycles. The summed E-state index contributed by atoms with van der Waals surface area (Å²) in [6, 6.07) is 17.4. The van der Waals surface area contributed by atoms with E-state index in [1.54, 1.807) is 0 Å². The Morgan fingerprint density at radius 2 is 1.73 bits per heavy atom. The Morgan fingerprint density at radius 1 is 1.03 bits per heavy atom. The zero-order valence-electron chi connectivity index (χ0n) is 18.7. The number of carbonyl (C=O) groups is 2. The first-order valence-corrected chi connectivity index (χ1v) is 11.6. The van der Waals surface area contributed by atoms with Crippen LogP contribution in [0.3, 0.4) is 0 Å². The molecule has 0 bridgehead atoms. The van der Waals surface area contributed by atoms with E-state index in [0.717, 1.165) is 29.9 Å². The predicted octanol–water partition coefficient (Wildman–Crippen LogP) is 1.44. The Bertz CT molecular complexity index is 914. The number of hydrogen-bond acceptors (Lipinski definition) is 6. The van der Waals surface area contributed by atoms with Gasteiger partial charge in [-0.25, -0.2) is 0 Å². The standard InChI is InChI=1S/C25H32N4O4/c26-15-24(30)28-19-14-23(27-16-19)25(31)29-12-10-22(11-13-29)33-21-8-6-20(7-9-21)32-17-18-4-2-1-3-5-18/h1-9,19,22-23,27H,10-17,26H2,(H,28,30)/t19-,23+/m1/s1. The minimum Gasteiger partial charge on any atom is -0.490 e. The quantitative estimate of drug-likeness (QED) is 0.560. The molecule has 0 radical (unpaired) electrons. The van der Waals surface area contributed by atoms with E-state index in [9.17, 15) is 9.59 Å². The second-order valence-electron chi connectivity index (χ2n) is 8.55. The van der Waals surface area contributed by atoms with Crippen molar-refractivity contribution in [2.24, 2.45) is 5.73 Å². The largest absolute Gasteiger partial charge is 0.490 e. The fourth-order valence-corrected chi connectivity index (χ4v) is 4.28. The molecule has 2 aliphatic heterocycles. The van der Waals surface area contributed by atoms with Crippen molar-refractivity contribution in [1.29, 1.82) is 0 Å². The Hall–Kier alpha value is -3.10. The Kier molecular flexibility index (Phi) is 7.80. The van der Waals surface area contributed by atoms with Crippen molar-refractivity contribution in [3.8, 4) is 11.5 Å². The van der Waals surface area contributed by atoms with Gasteiger partial charge in [0.2, 0.25) is 11.8 Å². The third kappa shape index (κ3) is 6.46. The van der Waals surface area contributed by atoms with Gasteiger partial charge in [0.05, 0.1) is 12.6 Å². The van der Waals surface area contributed by atoms with Crippen molar-refractivity contribution in [2.75, 3.05) is 26.2 Å². The first kappa shape index (κ1) is 23.1. The summed E-state index contributed by atoms with van der Waals surface area (Å²) < 4.78 is 12.0. The highest BCUT2D eigenvalue weighted by atomic mass is 16.5. The summed E-state index contributed by atoms with van der Waals surface area (Å²) in [6.45, 7) is 2.42. The van der Waals surface area contributed by atoms with E-state index in [4.69, 9.17) is 15.2 Å². The number of hydrogen-bond donors (Lipinski definition) is 3. The van der Waals surface area contributed by atoms with Crippen molar-refractivity contribution >= 4 is 11.8 Å². The van der Waals surface area contributed by atoms with Gasteiger partial charge in [0, 0.05) is 38.5 Å². The molecular formula is C25H32N4O4. The third-order valence-electron chi connectivity index (χ3n) is 6.11. The van der Waals surface area contributed by atoms with Gasteiger partial charge in [-0.15, -0.1) is 0 Å². The van der Waals surface area contributed by atoms with Gasteiger partial charge in [-0.3, -0.25) is 9.59 Å². The molecule has 2 aromatic rings. The second kappa shape index (κ2) is 11.2.